The van der Waals surface area contributed by atoms with Gasteiger partial charge in [-0.3, -0.25) is 0 Å². The summed E-state index contributed by atoms with van der Waals surface area (Å²) in [6.45, 7) is 9.32. The van der Waals surface area contributed by atoms with Gasteiger partial charge in [-0.05, 0) is 101 Å². The molecule has 5 heteroatoms. The second-order valence-corrected chi connectivity index (χ2v) is 12.4. The molecule has 0 aromatic heterocycles. The van der Waals surface area contributed by atoms with Crippen molar-refractivity contribution in [3.63, 3.8) is 0 Å². The molecule has 30 heavy (non-hydrogen) atoms. The van der Waals surface area contributed by atoms with Crippen molar-refractivity contribution in [1.29, 1.82) is 0 Å². The summed E-state index contributed by atoms with van der Waals surface area (Å²) in [5.41, 5.74) is -0.182. The van der Waals surface area contributed by atoms with E-state index in [0.717, 1.165) is 39.6 Å². The lowest BCUT2D eigenvalue weighted by Crippen LogP contribution is -3.00. The van der Waals surface area contributed by atoms with Gasteiger partial charge in [0.05, 0.1) is 60.0 Å². The molecule has 4 fully saturated rings. The molecule has 0 spiro atoms. The van der Waals surface area contributed by atoms with Gasteiger partial charge >= 0.3 is 0 Å². The zero-order valence-corrected chi connectivity index (χ0v) is 23.9. The van der Waals surface area contributed by atoms with Crippen LogP contribution in [0.4, 0.5) is 0 Å². The summed E-state index contributed by atoms with van der Waals surface area (Å²) in [4.78, 5) is 0. The first kappa shape index (κ1) is 28.9. The number of rotatable bonds is 11. The van der Waals surface area contributed by atoms with Gasteiger partial charge in [0.1, 0.15) is 0 Å². The Morgan fingerprint density at radius 3 is 1.37 bits per heavy atom. The van der Waals surface area contributed by atoms with Gasteiger partial charge in [0, 0.05) is 0 Å². The van der Waals surface area contributed by atoms with Gasteiger partial charge in [0.15, 0.2) is 0 Å². The monoisotopic (exact) mass is 552 g/mol. The number of hydrogen-bond acceptors (Lipinski definition) is 1. The van der Waals surface area contributed by atoms with E-state index in [4.69, 9.17) is 0 Å². The van der Waals surface area contributed by atoms with Crippen molar-refractivity contribution in [2.75, 3.05) is 54.4 Å². The fourth-order valence-electron chi connectivity index (χ4n) is 7.25. The summed E-state index contributed by atoms with van der Waals surface area (Å²) in [5, 5.41) is 12.3. The van der Waals surface area contributed by atoms with Crippen LogP contribution >= 0.6 is 0 Å². The van der Waals surface area contributed by atoms with Gasteiger partial charge in [-0.15, -0.1) is 0 Å². The number of halogens is 2. The summed E-state index contributed by atoms with van der Waals surface area (Å²) in [7, 11) is 9.35. The summed E-state index contributed by atoms with van der Waals surface area (Å²) >= 11 is 0. The Morgan fingerprint density at radius 2 is 1.07 bits per heavy atom. The molecule has 3 nitrogen and oxygen atoms in total. The van der Waals surface area contributed by atoms with Crippen molar-refractivity contribution in [3.8, 4) is 0 Å². The smallest absolute Gasteiger partial charge is 0.0783 e. The molecule has 4 bridgehead atoms. The van der Waals surface area contributed by atoms with E-state index < -0.39 is 5.60 Å². The maximum Gasteiger partial charge on any atom is 0.0783 e. The topological polar surface area (TPSA) is 20.2 Å². The minimum absolute atomic E-state index is 0. The molecule has 4 rings (SSSR count). The van der Waals surface area contributed by atoms with Crippen LogP contribution in [0.25, 0.3) is 0 Å². The maximum atomic E-state index is 12.3. The molecule has 0 aromatic carbocycles. The van der Waals surface area contributed by atoms with Crippen LogP contribution in [0.3, 0.4) is 0 Å². The molecule has 1 N–H and O–H groups in total. The molecule has 4 aliphatic rings. The molecule has 180 valence electrons. The highest BCUT2D eigenvalue weighted by Gasteiger charge is 2.59. The number of hydrogen-bond donors (Lipinski definition) is 1. The normalized spacial score (nSPS) is 30.7. The highest BCUT2D eigenvalue weighted by molar-refractivity contribution is 5.10. The Kier molecular flexibility index (Phi) is 10.4. The van der Waals surface area contributed by atoms with Crippen molar-refractivity contribution in [2.45, 2.75) is 83.7 Å². The van der Waals surface area contributed by atoms with E-state index >= 15 is 0 Å². The van der Waals surface area contributed by atoms with Crippen molar-refractivity contribution in [2.24, 2.45) is 23.2 Å². The molecule has 4 aliphatic carbocycles. The third kappa shape index (κ3) is 6.46. The molecule has 0 radical (unpaired) electrons. The largest absolute Gasteiger partial charge is 1.00 e. The van der Waals surface area contributed by atoms with E-state index in [1.165, 1.54) is 77.5 Å². The van der Waals surface area contributed by atoms with Crippen LogP contribution in [0, 0.1) is 23.2 Å². The molecule has 0 saturated heterocycles. The summed E-state index contributed by atoms with van der Waals surface area (Å²) in [6.07, 6.45) is 12.8. The zero-order chi connectivity index (χ0) is 20.6. The average molecular weight is 554 g/mol. The van der Waals surface area contributed by atoms with Crippen molar-refractivity contribution < 1.29 is 48.0 Å². The summed E-state index contributed by atoms with van der Waals surface area (Å²) in [6, 6.07) is 0. The van der Waals surface area contributed by atoms with E-state index in [1.54, 1.807) is 0 Å². The Labute approximate surface area is 208 Å². The second kappa shape index (κ2) is 10.8. The Balaban J connectivity index is 0.00000225. The van der Waals surface area contributed by atoms with E-state index in [0.29, 0.717) is 0 Å². The molecular formula is C25H50Br2N2O. The Morgan fingerprint density at radius 1 is 0.733 bits per heavy atom. The molecule has 4 saturated carbocycles. The number of aliphatic hydroxyl groups is 1. The molecule has 0 heterocycles. The van der Waals surface area contributed by atoms with Gasteiger partial charge in [0.2, 0.25) is 0 Å². The third-order valence-corrected chi connectivity index (χ3v) is 9.45. The minimum Gasteiger partial charge on any atom is -1.00 e. The third-order valence-electron chi connectivity index (χ3n) is 9.45. The first-order valence-electron chi connectivity index (χ1n) is 12.4. The molecule has 0 amide bonds. The maximum absolute atomic E-state index is 12.3. The van der Waals surface area contributed by atoms with Crippen LogP contribution in [0.2, 0.25) is 0 Å². The first-order chi connectivity index (χ1) is 13.0. The predicted molar refractivity (Wildman–Crippen MR) is 119 cm³/mol. The summed E-state index contributed by atoms with van der Waals surface area (Å²) < 4.78 is 2.16. The average Bonchev–Trinajstić information content (AvgIpc) is 2.60. The quantitative estimate of drug-likeness (QED) is 0.315. The molecule has 0 atom stereocenters. The van der Waals surface area contributed by atoms with Gasteiger partial charge in [0.25, 0.3) is 0 Å². The Bertz CT molecular complexity index is 478. The number of quaternary nitrogens is 2. The fraction of sp³-hybridized carbons (Fsp3) is 1.00. The van der Waals surface area contributed by atoms with Crippen LogP contribution in [-0.4, -0.2) is 74.0 Å². The fourth-order valence-corrected chi connectivity index (χ4v) is 7.25. The van der Waals surface area contributed by atoms with E-state index in [-0.39, 0.29) is 39.4 Å². The van der Waals surface area contributed by atoms with Crippen molar-refractivity contribution >= 4 is 0 Å². The van der Waals surface area contributed by atoms with Gasteiger partial charge < -0.3 is 48.0 Å². The molecule has 0 unspecified atom stereocenters. The second-order valence-electron chi connectivity index (χ2n) is 12.4. The van der Waals surface area contributed by atoms with Crippen LogP contribution in [0.1, 0.15) is 78.1 Å². The van der Waals surface area contributed by atoms with Crippen molar-refractivity contribution in [3.05, 3.63) is 0 Å². The van der Waals surface area contributed by atoms with Gasteiger partial charge in [-0.2, -0.15) is 0 Å². The Hall–Kier alpha value is 0.840. The molecule has 0 aromatic rings. The lowest BCUT2D eigenvalue weighted by Gasteiger charge is -2.62. The van der Waals surface area contributed by atoms with Crippen molar-refractivity contribution in [1.82, 2.24) is 0 Å². The zero-order valence-electron chi connectivity index (χ0n) is 20.7. The van der Waals surface area contributed by atoms with E-state index in [2.05, 4.69) is 42.0 Å². The highest BCUT2D eigenvalue weighted by atomic mass is 79.9. The van der Waals surface area contributed by atoms with Crippen LogP contribution in [0.15, 0.2) is 0 Å². The highest BCUT2D eigenvalue weighted by Crippen LogP contribution is 2.65. The van der Waals surface area contributed by atoms with Gasteiger partial charge in [-0.25, -0.2) is 0 Å². The van der Waals surface area contributed by atoms with E-state index in [1.807, 2.05) is 0 Å². The van der Waals surface area contributed by atoms with Crippen LogP contribution in [-0.2, 0) is 0 Å². The van der Waals surface area contributed by atoms with E-state index in [9.17, 15) is 5.11 Å². The lowest BCUT2D eigenvalue weighted by molar-refractivity contribution is -0.889. The molecule has 0 aliphatic heterocycles. The van der Waals surface area contributed by atoms with Crippen LogP contribution in [0.5, 0.6) is 0 Å². The molecular weight excluding hydrogens is 504 g/mol. The summed E-state index contributed by atoms with van der Waals surface area (Å²) in [5.74, 6) is 2.76. The van der Waals surface area contributed by atoms with Gasteiger partial charge in [-0.1, -0.05) is 0 Å². The number of nitrogens with zero attached hydrogens (tertiary/aromatic N) is 2. The van der Waals surface area contributed by atoms with Crippen LogP contribution < -0.4 is 34.0 Å². The predicted octanol–water partition coefficient (Wildman–Crippen LogP) is -1.31. The SMILES string of the molecule is CC[N+](C)(C)CCCC(O)(CCC[N+](C)(C)CC)C12CC3CC(CC(C3)C1)C2.[Br-].[Br-]. The minimum atomic E-state index is -0.426. The first-order valence-corrected chi connectivity index (χ1v) is 12.4. The standard InChI is InChI=1S/C25H50N2O.2BrH/c1-7-26(3,4)13-9-11-25(28,12-10-14-27(5,6)8-2)24-18-21-15-22(19-24)17-23(16-21)20-24;;/h21-23,28H,7-20H2,1-6H3;2*1H/q+2;;/p-2. The lowest BCUT2D eigenvalue weighted by atomic mass is 9.44.